The largest absolute Gasteiger partial charge is 0.416 e. The van der Waals surface area contributed by atoms with Crippen LogP contribution in [0.4, 0.5) is 18.9 Å². The average molecular weight is 405 g/mol. The number of amides is 2. The lowest BCUT2D eigenvalue weighted by atomic mass is 10.1. The van der Waals surface area contributed by atoms with Crippen LogP contribution in [-0.2, 0) is 11.0 Å². The number of carbonyl (C=O) groups is 2. The summed E-state index contributed by atoms with van der Waals surface area (Å²) in [6.07, 6.45) is -4.18. The molecule has 0 unspecified atom stereocenters. The topological polar surface area (TPSA) is 52.7 Å². The van der Waals surface area contributed by atoms with E-state index in [0.29, 0.717) is 44.0 Å². The average Bonchev–Trinajstić information content (AvgIpc) is 2.73. The second kappa shape index (κ2) is 9.09. The standard InChI is InChI=1S/C21H22F3N3O2/c22-21(23,24)17-7-4-8-18(15-17)27-13-11-26(12-14-27)10-9-19(28)25-20(29)16-5-2-1-3-6-16/h1-8,15H,9-14H2,(H,25,28,29). The molecule has 29 heavy (non-hydrogen) atoms. The van der Waals surface area contributed by atoms with Gasteiger partial charge in [-0.15, -0.1) is 0 Å². The first-order chi connectivity index (χ1) is 13.8. The number of alkyl halides is 3. The molecule has 0 saturated carbocycles. The molecule has 1 fully saturated rings. The van der Waals surface area contributed by atoms with Crippen molar-refractivity contribution < 1.29 is 22.8 Å². The summed E-state index contributed by atoms with van der Waals surface area (Å²) < 4.78 is 38.7. The van der Waals surface area contributed by atoms with Crippen molar-refractivity contribution in [1.82, 2.24) is 10.2 Å². The first kappa shape index (κ1) is 20.9. The monoisotopic (exact) mass is 405 g/mol. The van der Waals surface area contributed by atoms with Gasteiger partial charge in [-0.2, -0.15) is 13.2 Å². The van der Waals surface area contributed by atoms with E-state index in [2.05, 4.69) is 10.2 Å². The Labute approximate surface area is 167 Å². The fourth-order valence-corrected chi connectivity index (χ4v) is 3.22. The maximum Gasteiger partial charge on any atom is 0.416 e. The summed E-state index contributed by atoms with van der Waals surface area (Å²) in [7, 11) is 0. The molecule has 0 spiro atoms. The molecule has 1 N–H and O–H groups in total. The van der Waals surface area contributed by atoms with Crippen LogP contribution in [0.25, 0.3) is 0 Å². The highest BCUT2D eigenvalue weighted by atomic mass is 19.4. The number of nitrogens with one attached hydrogen (secondary N) is 1. The van der Waals surface area contributed by atoms with Crippen LogP contribution in [0.5, 0.6) is 0 Å². The van der Waals surface area contributed by atoms with Crippen LogP contribution in [0.3, 0.4) is 0 Å². The van der Waals surface area contributed by atoms with Gasteiger partial charge in [-0.25, -0.2) is 0 Å². The minimum atomic E-state index is -4.36. The van der Waals surface area contributed by atoms with Gasteiger partial charge in [0.1, 0.15) is 0 Å². The van der Waals surface area contributed by atoms with Gasteiger partial charge in [0.15, 0.2) is 0 Å². The maximum atomic E-state index is 12.9. The summed E-state index contributed by atoms with van der Waals surface area (Å²) in [4.78, 5) is 28.0. The van der Waals surface area contributed by atoms with Gasteiger partial charge < -0.3 is 4.90 Å². The number of piperazine rings is 1. The molecule has 1 heterocycles. The van der Waals surface area contributed by atoms with Crippen LogP contribution < -0.4 is 10.2 Å². The van der Waals surface area contributed by atoms with E-state index in [1.165, 1.54) is 6.07 Å². The molecule has 154 valence electrons. The number of imide groups is 1. The third-order valence-electron chi connectivity index (χ3n) is 4.85. The van der Waals surface area contributed by atoms with Gasteiger partial charge in [0.05, 0.1) is 5.56 Å². The Morgan fingerprint density at radius 1 is 0.931 bits per heavy atom. The van der Waals surface area contributed by atoms with Crippen molar-refractivity contribution >= 4 is 17.5 Å². The van der Waals surface area contributed by atoms with Crippen LogP contribution in [0.1, 0.15) is 22.3 Å². The van der Waals surface area contributed by atoms with E-state index >= 15 is 0 Å². The molecule has 1 saturated heterocycles. The Morgan fingerprint density at radius 3 is 2.28 bits per heavy atom. The lowest BCUT2D eigenvalue weighted by Crippen LogP contribution is -2.47. The van der Waals surface area contributed by atoms with Crippen LogP contribution in [0.15, 0.2) is 54.6 Å². The van der Waals surface area contributed by atoms with Crippen molar-refractivity contribution in [2.24, 2.45) is 0 Å². The molecule has 2 aromatic carbocycles. The summed E-state index contributed by atoms with van der Waals surface area (Å²) in [5, 5.41) is 2.37. The minimum Gasteiger partial charge on any atom is -0.369 e. The first-order valence-corrected chi connectivity index (χ1v) is 9.37. The van der Waals surface area contributed by atoms with Gasteiger partial charge in [0.25, 0.3) is 5.91 Å². The smallest absolute Gasteiger partial charge is 0.369 e. The normalized spacial score (nSPS) is 15.2. The van der Waals surface area contributed by atoms with Gasteiger partial charge in [0, 0.05) is 50.4 Å². The summed E-state index contributed by atoms with van der Waals surface area (Å²) in [5.74, 6) is -0.774. The fourth-order valence-electron chi connectivity index (χ4n) is 3.22. The van der Waals surface area contributed by atoms with Gasteiger partial charge in [-0.3, -0.25) is 19.8 Å². The molecule has 0 atom stereocenters. The van der Waals surface area contributed by atoms with E-state index < -0.39 is 17.6 Å². The Kier molecular flexibility index (Phi) is 6.53. The minimum absolute atomic E-state index is 0.183. The van der Waals surface area contributed by atoms with Crippen molar-refractivity contribution in [2.75, 3.05) is 37.6 Å². The molecule has 3 rings (SSSR count). The van der Waals surface area contributed by atoms with Crippen LogP contribution in [-0.4, -0.2) is 49.4 Å². The molecule has 2 aromatic rings. The van der Waals surface area contributed by atoms with Crippen molar-refractivity contribution in [3.63, 3.8) is 0 Å². The Morgan fingerprint density at radius 2 is 1.62 bits per heavy atom. The van der Waals surface area contributed by atoms with E-state index in [4.69, 9.17) is 0 Å². The quantitative estimate of drug-likeness (QED) is 0.830. The second-order valence-corrected chi connectivity index (χ2v) is 6.87. The predicted molar refractivity (Wildman–Crippen MR) is 104 cm³/mol. The maximum absolute atomic E-state index is 12.9. The number of hydrogen-bond acceptors (Lipinski definition) is 4. The Balaban J connectivity index is 1.44. The molecule has 0 aromatic heterocycles. The zero-order valence-corrected chi connectivity index (χ0v) is 15.8. The Hall–Kier alpha value is -2.87. The number of hydrogen-bond donors (Lipinski definition) is 1. The third-order valence-corrected chi connectivity index (χ3v) is 4.85. The van der Waals surface area contributed by atoms with E-state index in [1.54, 1.807) is 36.4 Å². The number of nitrogens with zero attached hydrogens (tertiary/aromatic N) is 2. The van der Waals surface area contributed by atoms with Crippen molar-refractivity contribution in [3.05, 3.63) is 65.7 Å². The van der Waals surface area contributed by atoms with Gasteiger partial charge in [-0.1, -0.05) is 24.3 Å². The molecule has 8 heteroatoms. The van der Waals surface area contributed by atoms with E-state index in [-0.39, 0.29) is 12.3 Å². The SMILES string of the molecule is O=C(CCN1CCN(c2cccc(C(F)(F)F)c2)CC1)NC(=O)c1ccccc1. The second-order valence-electron chi connectivity index (χ2n) is 6.87. The molecule has 0 aliphatic carbocycles. The molecule has 1 aliphatic heterocycles. The van der Waals surface area contributed by atoms with Crippen LogP contribution in [0.2, 0.25) is 0 Å². The third kappa shape index (κ3) is 5.80. The number of anilines is 1. The van der Waals surface area contributed by atoms with Crippen molar-refractivity contribution in [2.45, 2.75) is 12.6 Å². The molecular weight excluding hydrogens is 383 g/mol. The molecular formula is C21H22F3N3O2. The number of carbonyl (C=O) groups excluding carboxylic acids is 2. The molecule has 1 aliphatic rings. The number of halogens is 3. The summed E-state index contributed by atoms with van der Waals surface area (Å²) in [6.45, 7) is 2.91. The Bertz CT molecular complexity index is 848. The van der Waals surface area contributed by atoms with Gasteiger partial charge in [0.2, 0.25) is 5.91 Å². The highest BCUT2D eigenvalue weighted by Gasteiger charge is 2.31. The van der Waals surface area contributed by atoms with E-state index in [0.717, 1.165) is 12.1 Å². The lowest BCUT2D eigenvalue weighted by molar-refractivity contribution is -0.137. The lowest BCUT2D eigenvalue weighted by Gasteiger charge is -2.36. The predicted octanol–water partition coefficient (Wildman–Crippen LogP) is 3.17. The highest BCUT2D eigenvalue weighted by molar-refractivity contribution is 6.04. The summed E-state index contributed by atoms with van der Waals surface area (Å²) >= 11 is 0. The molecule has 2 amide bonds. The summed E-state index contributed by atoms with van der Waals surface area (Å²) in [6, 6.07) is 13.8. The van der Waals surface area contributed by atoms with Crippen LogP contribution >= 0.6 is 0 Å². The van der Waals surface area contributed by atoms with E-state index in [1.807, 2.05) is 4.90 Å². The molecule has 0 bridgehead atoms. The molecule has 5 nitrogen and oxygen atoms in total. The zero-order chi connectivity index (χ0) is 20.9. The van der Waals surface area contributed by atoms with Crippen molar-refractivity contribution in [3.8, 4) is 0 Å². The zero-order valence-electron chi connectivity index (χ0n) is 15.8. The number of benzene rings is 2. The summed E-state index contributed by atoms with van der Waals surface area (Å²) in [5.41, 5.74) is 0.318. The fraction of sp³-hybridized carbons (Fsp3) is 0.333. The number of rotatable bonds is 5. The first-order valence-electron chi connectivity index (χ1n) is 9.37. The van der Waals surface area contributed by atoms with Gasteiger partial charge in [-0.05, 0) is 30.3 Å². The van der Waals surface area contributed by atoms with Gasteiger partial charge >= 0.3 is 6.18 Å². The molecule has 0 radical (unpaired) electrons. The van der Waals surface area contributed by atoms with E-state index in [9.17, 15) is 22.8 Å². The van der Waals surface area contributed by atoms with Crippen molar-refractivity contribution in [1.29, 1.82) is 0 Å². The van der Waals surface area contributed by atoms with Crippen LogP contribution in [0, 0.1) is 0 Å². The highest BCUT2D eigenvalue weighted by Crippen LogP contribution is 2.31.